The van der Waals surface area contributed by atoms with Gasteiger partial charge in [-0.2, -0.15) is 0 Å². The van der Waals surface area contributed by atoms with Gasteiger partial charge >= 0.3 is 0 Å². The van der Waals surface area contributed by atoms with Gasteiger partial charge in [0.15, 0.2) is 0 Å². The minimum absolute atomic E-state index is 0.149. The molecule has 0 saturated carbocycles. The van der Waals surface area contributed by atoms with Gasteiger partial charge in [-0.25, -0.2) is 0 Å². The molecule has 0 heterocycles. The highest BCUT2D eigenvalue weighted by molar-refractivity contribution is 5.20. The molecule has 0 radical (unpaired) electrons. The van der Waals surface area contributed by atoms with Crippen LogP contribution in [0.3, 0.4) is 0 Å². The van der Waals surface area contributed by atoms with Crippen molar-refractivity contribution in [3.05, 3.63) is 35.9 Å². The lowest BCUT2D eigenvalue weighted by molar-refractivity contribution is 0.166. The van der Waals surface area contributed by atoms with Crippen LogP contribution in [0, 0.1) is 5.92 Å². The Morgan fingerprint density at radius 3 is 2.12 bits per heavy atom. The quantitative estimate of drug-likeness (QED) is 0.819. The second kappa shape index (κ2) is 6.77. The van der Waals surface area contributed by atoms with E-state index in [4.69, 9.17) is 5.73 Å². The van der Waals surface area contributed by atoms with Gasteiger partial charge in [-0.05, 0) is 24.9 Å². The summed E-state index contributed by atoms with van der Waals surface area (Å²) in [4.78, 5) is 2.48. The van der Waals surface area contributed by atoms with Gasteiger partial charge in [0.2, 0.25) is 0 Å². The molecule has 2 nitrogen and oxygen atoms in total. The molecule has 1 aromatic rings. The molecule has 0 bridgehead atoms. The number of hydrogen-bond donors (Lipinski definition) is 1. The van der Waals surface area contributed by atoms with Crippen molar-refractivity contribution < 1.29 is 0 Å². The molecule has 0 aliphatic rings. The molecule has 1 rings (SSSR count). The Morgan fingerprint density at radius 2 is 1.71 bits per heavy atom. The first-order valence-electron chi connectivity index (χ1n) is 6.60. The van der Waals surface area contributed by atoms with Crippen LogP contribution in [0.2, 0.25) is 0 Å². The van der Waals surface area contributed by atoms with E-state index >= 15 is 0 Å². The van der Waals surface area contributed by atoms with Crippen LogP contribution in [-0.4, -0.2) is 24.0 Å². The van der Waals surface area contributed by atoms with Crippen molar-refractivity contribution in [2.75, 3.05) is 13.1 Å². The second-order valence-electron chi connectivity index (χ2n) is 5.20. The molecule has 0 aliphatic heterocycles. The van der Waals surface area contributed by atoms with Gasteiger partial charge in [0.25, 0.3) is 0 Å². The van der Waals surface area contributed by atoms with E-state index in [-0.39, 0.29) is 6.04 Å². The highest BCUT2D eigenvalue weighted by Gasteiger charge is 2.23. The van der Waals surface area contributed by atoms with Crippen molar-refractivity contribution >= 4 is 0 Å². The summed E-state index contributed by atoms with van der Waals surface area (Å²) in [7, 11) is 0. The monoisotopic (exact) mass is 234 g/mol. The van der Waals surface area contributed by atoms with Crippen LogP contribution in [0.25, 0.3) is 0 Å². The molecule has 2 atom stereocenters. The van der Waals surface area contributed by atoms with Gasteiger partial charge in [-0.3, -0.25) is 4.90 Å². The van der Waals surface area contributed by atoms with Crippen molar-refractivity contribution in [2.24, 2.45) is 11.7 Å². The Morgan fingerprint density at radius 1 is 1.12 bits per heavy atom. The Labute approximate surface area is 106 Å². The SMILES string of the molecule is CCN(CC(C)C)C(c1ccccc1)C(C)N. The molecule has 0 aromatic heterocycles. The fraction of sp³-hybridized carbons (Fsp3) is 0.600. The zero-order chi connectivity index (χ0) is 12.8. The summed E-state index contributed by atoms with van der Waals surface area (Å²) >= 11 is 0. The van der Waals surface area contributed by atoms with Crippen LogP contribution in [0.5, 0.6) is 0 Å². The molecule has 0 spiro atoms. The molecular weight excluding hydrogens is 208 g/mol. The Hall–Kier alpha value is -0.860. The summed E-state index contributed by atoms with van der Waals surface area (Å²) in [5.41, 5.74) is 7.50. The van der Waals surface area contributed by atoms with Gasteiger partial charge in [-0.1, -0.05) is 51.1 Å². The normalized spacial score (nSPS) is 15.2. The maximum atomic E-state index is 6.18. The average molecular weight is 234 g/mol. The fourth-order valence-corrected chi connectivity index (χ4v) is 2.41. The molecule has 0 saturated heterocycles. The number of benzene rings is 1. The molecule has 96 valence electrons. The van der Waals surface area contributed by atoms with E-state index in [1.165, 1.54) is 5.56 Å². The predicted octanol–water partition coefficient (Wildman–Crippen LogP) is 3.05. The molecule has 2 unspecified atom stereocenters. The van der Waals surface area contributed by atoms with E-state index in [2.05, 4.69) is 62.9 Å². The van der Waals surface area contributed by atoms with E-state index in [0.717, 1.165) is 13.1 Å². The molecule has 2 N–H and O–H groups in total. The summed E-state index contributed by atoms with van der Waals surface area (Å²) in [6.45, 7) is 11.0. The van der Waals surface area contributed by atoms with E-state index in [0.29, 0.717) is 12.0 Å². The van der Waals surface area contributed by atoms with Gasteiger partial charge < -0.3 is 5.73 Å². The van der Waals surface area contributed by atoms with Crippen molar-refractivity contribution in [2.45, 2.75) is 39.8 Å². The number of hydrogen-bond acceptors (Lipinski definition) is 2. The first kappa shape index (κ1) is 14.2. The Kier molecular flexibility index (Phi) is 5.66. The largest absolute Gasteiger partial charge is 0.326 e. The van der Waals surface area contributed by atoms with Crippen LogP contribution in [-0.2, 0) is 0 Å². The number of nitrogens with zero attached hydrogens (tertiary/aromatic N) is 1. The fourth-order valence-electron chi connectivity index (χ4n) is 2.41. The summed E-state index contributed by atoms with van der Waals surface area (Å²) in [5, 5.41) is 0. The number of rotatable bonds is 6. The summed E-state index contributed by atoms with van der Waals surface area (Å²) in [6, 6.07) is 11.1. The summed E-state index contributed by atoms with van der Waals surface area (Å²) in [6.07, 6.45) is 0. The third kappa shape index (κ3) is 4.14. The highest BCUT2D eigenvalue weighted by Crippen LogP contribution is 2.24. The smallest absolute Gasteiger partial charge is 0.0496 e. The summed E-state index contributed by atoms with van der Waals surface area (Å²) in [5.74, 6) is 0.667. The third-order valence-electron chi connectivity index (χ3n) is 3.04. The number of likely N-dealkylation sites (N-methyl/N-ethyl adjacent to an activating group) is 1. The van der Waals surface area contributed by atoms with Gasteiger partial charge in [0.05, 0.1) is 0 Å². The molecule has 2 heteroatoms. The molecule has 17 heavy (non-hydrogen) atoms. The molecule has 1 aromatic carbocycles. The van der Waals surface area contributed by atoms with E-state index in [1.54, 1.807) is 0 Å². The lowest BCUT2D eigenvalue weighted by atomic mass is 9.98. The number of nitrogens with two attached hydrogens (primary N) is 1. The first-order chi connectivity index (χ1) is 8.06. The van der Waals surface area contributed by atoms with Crippen LogP contribution in [0.1, 0.15) is 39.3 Å². The Bertz CT molecular complexity index is 306. The molecule has 0 amide bonds. The maximum absolute atomic E-state index is 6.18. The van der Waals surface area contributed by atoms with Crippen LogP contribution < -0.4 is 5.73 Å². The summed E-state index contributed by atoms with van der Waals surface area (Å²) < 4.78 is 0. The second-order valence-corrected chi connectivity index (χ2v) is 5.20. The molecule has 0 fully saturated rings. The Balaban J connectivity index is 2.91. The topological polar surface area (TPSA) is 29.3 Å². The van der Waals surface area contributed by atoms with E-state index in [1.807, 2.05) is 0 Å². The van der Waals surface area contributed by atoms with Gasteiger partial charge in [0, 0.05) is 18.6 Å². The highest BCUT2D eigenvalue weighted by atomic mass is 15.2. The lowest BCUT2D eigenvalue weighted by Crippen LogP contribution is -2.41. The van der Waals surface area contributed by atoms with E-state index in [9.17, 15) is 0 Å². The minimum atomic E-state index is 0.149. The zero-order valence-electron chi connectivity index (χ0n) is 11.6. The third-order valence-corrected chi connectivity index (χ3v) is 3.04. The van der Waals surface area contributed by atoms with Crippen molar-refractivity contribution in [3.63, 3.8) is 0 Å². The van der Waals surface area contributed by atoms with Crippen molar-refractivity contribution in [3.8, 4) is 0 Å². The van der Waals surface area contributed by atoms with Crippen molar-refractivity contribution in [1.82, 2.24) is 4.90 Å². The zero-order valence-corrected chi connectivity index (χ0v) is 11.6. The van der Waals surface area contributed by atoms with Crippen LogP contribution >= 0.6 is 0 Å². The standard InChI is InChI=1S/C15H26N2/c1-5-17(11-12(2)3)15(13(4)16)14-9-7-6-8-10-14/h6-10,12-13,15H,5,11,16H2,1-4H3. The van der Waals surface area contributed by atoms with Gasteiger partial charge in [-0.15, -0.1) is 0 Å². The average Bonchev–Trinajstić information content (AvgIpc) is 2.28. The maximum Gasteiger partial charge on any atom is 0.0496 e. The van der Waals surface area contributed by atoms with E-state index < -0.39 is 0 Å². The van der Waals surface area contributed by atoms with Crippen molar-refractivity contribution in [1.29, 1.82) is 0 Å². The van der Waals surface area contributed by atoms with Gasteiger partial charge in [0.1, 0.15) is 0 Å². The predicted molar refractivity (Wildman–Crippen MR) is 74.9 cm³/mol. The molecular formula is C15H26N2. The lowest BCUT2D eigenvalue weighted by Gasteiger charge is -2.35. The minimum Gasteiger partial charge on any atom is -0.326 e. The first-order valence-corrected chi connectivity index (χ1v) is 6.60. The van der Waals surface area contributed by atoms with Crippen LogP contribution in [0.15, 0.2) is 30.3 Å². The van der Waals surface area contributed by atoms with Crippen LogP contribution in [0.4, 0.5) is 0 Å². The molecule has 0 aliphatic carbocycles.